The standard InChI is InChI=1S/C13H15ClO5/c1-5-19-13(16)10(15)9-7(2)6-8(14)11(17-3)12(9)18-4/h6H,5H2,1-4H3. The first kappa shape index (κ1) is 15.3. The van der Waals surface area contributed by atoms with E-state index in [0.717, 1.165) is 0 Å². The number of ketones is 1. The zero-order chi connectivity index (χ0) is 14.6. The summed E-state index contributed by atoms with van der Waals surface area (Å²) in [5.41, 5.74) is 0.614. The van der Waals surface area contributed by atoms with Crippen LogP contribution in [0.1, 0.15) is 22.8 Å². The Morgan fingerprint density at radius 3 is 2.26 bits per heavy atom. The lowest BCUT2D eigenvalue weighted by molar-refractivity contribution is -0.137. The Kier molecular flexibility index (Phi) is 5.18. The monoisotopic (exact) mass is 286 g/mol. The summed E-state index contributed by atoms with van der Waals surface area (Å²) in [7, 11) is 2.77. The topological polar surface area (TPSA) is 61.8 Å². The number of Topliss-reactive ketones (excluding diaryl/α,β-unsaturated/α-hetero) is 1. The number of carbonyl (C=O) groups is 2. The number of esters is 1. The van der Waals surface area contributed by atoms with Crippen LogP contribution < -0.4 is 9.47 Å². The molecule has 0 bridgehead atoms. The number of hydrogen-bond donors (Lipinski definition) is 0. The van der Waals surface area contributed by atoms with E-state index in [2.05, 4.69) is 0 Å². The van der Waals surface area contributed by atoms with Crippen LogP contribution >= 0.6 is 11.6 Å². The van der Waals surface area contributed by atoms with Crippen LogP contribution in [0.25, 0.3) is 0 Å². The Hall–Kier alpha value is -1.75. The van der Waals surface area contributed by atoms with Crippen LogP contribution in [0.3, 0.4) is 0 Å². The first-order valence-corrected chi connectivity index (χ1v) is 5.98. The minimum absolute atomic E-state index is 0.0993. The SMILES string of the molecule is CCOC(=O)C(=O)c1c(C)cc(Cl)c(OC)c1OC. The molecule has 5 nitrogen and oxygen atoms in total. The molecule has 0 fully saturated rings. The average molecular weight is 287 g/mol. The number of rotatable bonds is 5. The largest absolute Gasteiger partial charge is 0.492 e. The number of ether oxygens (including phenoxy) is 3. The molecule has 0 aliphatic carbocycles. The quantitative estimate of drug-likeness (QED) is 0.472. The van der Waals surface area contributed by atoms with Gasteiger partial charge in [-0.05, 0) is 25.5 Å². The van der Waals surface area contributed by atoms with E-state index in [1.807, 2.05) is 0 Å². The lowest BCUT2D eigenvalue weighted by Crippen LogP contribution is -2.19. The van der Waals surface area contributed by atoms with Crippen LogP contribution in [-0.2, 0) is 9.53 Å². The van der Waals surface area contributed by atoms with Crippen molar-refractivity contribution < 1.29 is 23.8 Å². The number of aryl methyl sites for hydroxylation is 1. The van der Waals surface area contributed by atoms with Crippen molar-refractivity contribution in [1.29, 1.82) is 0 Å². The molecular formula is C13H15ClO5. The second-order valence-corrected chi connectivity index (χ2v) is 4.07. The van der Waals surface area contributed by atoms with Crippen molar-refractivity contribution in [1.82, 2.24) is 0 Å². The molecule has 0 unspecified atom stereocenters. The lowest BCUT2D eigenvalue weighted by Gasteiger charge is -2.15. The highest BCUT2D eigenvalue weighted by Crippen LogP contribution is 2.40. The summed E-state index contributed by atoms with van der Waals surface area (Å²) >= 11 is 6.00. The van der Waals surface area contributed by atoms with E-state index >= 15 is 0 Å². The van der Waals surface area contributed by atoms with Gasteiger partial charge < -0.3 is 14.2 Å². The Balaban J connectivity index is 3.41. The predicted molar refractivity (Wildman–Crippen MR) is 70.3 cm³/mol. The van der Waals surface area contributed by atoms with Crippen molar-refractivity contribution in [2.24, 2.45) is 0 Å². The molecule has 1 aromatic rings. The van der Waals surface area contributed by atoms with Gasteiger partial charge in [0.05, 0.1) is 31.4 Å². The van der Waals surface area contributed by atoms with E-state index in [1.54, 1.807) is 13.8 Å². The summed E-state index contributed by atoms with van der Waals surface area (Å²) in [6.45, 7) is 3.40. The van der Waals surface area contributed by atoms with Crippen LogP contribution in [0, 0.1) is 6.92 Å². The molecule has 0 aliphatic heterocycles. The van der Waals surface area contributed by atoms with Gasteiger partial charge in [0.1, 0.15) is 0 Å². The van der Waals surface area contributed by atoms with Crippen molar-refractivity contribution in [2.45, 2.75) is 13.8 Å². The number of hydrogen-bond acceptors (Lipinski definition) is 5. The maximum absolute atomic E-state index is 12.1. The van der Waals surface area contributed by atoms with E-state index in [1.165, 1.54) is 20.3 Å². The number of halogens is 1. The van der Waals surface area contributed by atoms with Crippen molar-refractivity contribution in [3.8, 4) is 11.5 Å². The summed E-state index contributed by atoms with van der Waals surface area (Å²) in [6.07, 6.45) is 0. The zero-order valence-electron chi connectivity index (χ0n) is 11.2. The lowest BCUT2D eigenvalue weighted by atomic mass is 10.0. The van der Waals surface area contributed by atoms with Crippen LogP contribution in [0.5, 0.6) is 11.5 Å². The highest BCUT2D eigenvalue weighted by molar-refractivity contribution is 6.42. The third kappa shape index (κ3) is 2.98. The van der Waals surface area contributed by atoms with Gasteiger partial charge in [0, 0.05) is 0 Å². The van der Waals surface area contributed by atoms with E-state index in [4.69, 9.17) is 25.8 Å². The highest BCUT2D eigenvalue weighted by atomic mass is 35.5. The molecular weight excluding hydrogens is 272 g/mol. The maximum Gasteiger partial charge on any atom is 0.379 e. The van der Waals surface area contributed by atoms with E-state index < -0.39 is 11.8 Å². The van der Waals surface area contributed by atoms with Gasteiger partial charge >= 0.3 is 5.97 Å². The molecule has 0 saturated heterocycles. The van der Waals surface area contributed by atoms with Crippen molar-refractivity contribution in [3.63, 3.8) is 0 Å². The van der Waals surface area contributed by atoms with Crippen LogP contribution in [0.4, 0.5) is 0 Å². The van der Waals surface area contributed by atoms with Gasteiger partial charge in [0.25, 0.3) is 5.78 Å². The van der Waals surface area contributed by atoms with Gasteiger partial charge in [0.15, 0.2) is 11.5 Å². The smallest absolute Gasteiger partial charge is 0.379 e. The van der Waals surface area contributed by atoms with Crippen LogP contribution in [0.15, 0.2) is 6.07 Å². The number of methoxy groups -OCH3 is 2. The molecule has 0 saturated carbocycles. The molecule has 0 aliphatic rings. The average Bonchev–Trinajstić information content (AvgIpc) is 2.37. The van der Waals surface area contributed by atoms with Gasteiger partial charge in [-0.15, -0.1) is 0 Å². The van der Waals surface area contributed by atoms with Gasteiger partial charge in [-0.3, -0.25) is 4.79 Å². The number of benzene rings is 1. The Morgan fingerprint density at radius 1 is 1.21 bits per heavy atom. The first-order chi connectivity index (χ1) is 8.97. The minimum Gasteiger partial charge on any atom is -0.492 e. The first-order valence-electron chi connectivity index (χ1n) is 5.60. The molecule has 0 atom stereocenters. The summed E-state index contributed by atoms with van der Waals surface area (Å²) in [4.78, 5) is 23.6. The Labute approximate surface area is 116 Å². The fourth-order valence-electron chi connectivity index (χ4n) is 1.69. The third-order valence-electron chi connectivity index (χ3n) is 2.48. The summed E-state index contributed by atoms with van der Waals surface area (Å²) in [5, 5.41) is 0.303. The van der Waals surface area contributed by atoms with Gasteiger partial charge in [-0.2, -0.15) is 0 Å². The molecule has 0 spiro atoms. The molecule has 0 radical (unpaired) electrons. The zero-order valence-corrected chi connectivity index (χ0v) is 12.0. The maximum atomic E-state index is 12.1. The summed E-state index contributed by atoms with van der Waals surface area (Å²) in [6, 6.07) is 1.54. The molecule has 0 heterocycles. The molecule has 1 rings (SSSR count). The van der Waals surface area contributed by atoms with E-state index in [9.17, 15) is 9.59 Å². The van der Waals surface area contributed by atoms with Crippen LogP contribution in [-0.4, -0.2) is 32.6 Å². The molecule has 0 amide bonds. The predicted octanol–water partition coefficient (Wildman–Crippen LogP) is 2.41. The minimum atomic E-state index is -0.937. The van der Waals surface area contributed by atoms with E-state index in [-0.39, 0.29) is 23.7 Å². The highest BCUT2D eigenvalue weighted by Gasteiger charge is 2.27. The number of carbonyl (C=O) groups excluding carboxylic acids is 2. The normalized spacial score (nSPS) is 9.95. The molecule has 19 heavy (non-hydrogen) atoms. The van der Waals surface area contributed by atoms with Crippen molar-refractivity contribution in [3.05, 3.63) is 22.2 Å². The second-order valence-electron chi connectivity index (χ2n) is 3.67. The molecule has 104 valence electrons. The van der Waals surface area contributed by atoms with E-state index in [0.29, 0.717) is 10.6 Å². The second kappa shape index (κ2) is 6.43. The Bertz CT molecular complexity index is 510. The van der Waals surface area contributed by atoms with Gasteiger partial charge in [-0.1, -0.05) is 11.6 Å². The van der Waals surface area contributed by atoms with Crippen LogP contribution in [0.2, 0.25) is 5.02 Å². The van der Waals surface area contributed by atoms with Gasteiger partial charge in [-0.25, -0.2) is 4.79 Å². The fraction of sp³-hybridized carbons (Fsp3) is 0.385. The summed E-state index contributed by atoms with van der Waals surface area (Å²) < 4.78 is 14.9. The molecule has 0 aromatic heterocycles. The third-order valence-corrected chi connectivity index (χ3v) is 2.76. The molecule has 6 heteroatoms. The van der Waals surface area contributed by atoms with Crippen molar-refractivity contribution in [2.75, 3.05) is 20.8 Å². The van der Waals surface area contributed by atoms with Crippen molar-refractivity contribution >= 4 is 23.4 Å². The molecule has 0 N–H and O–H groups in total. The summed E-state index contributed by atoms with van der Waals surface area (Å²) in [5.74, 6) is -1.38. The molecule has 1 aromatic carbocycles. The fourth-order valence-corrected chi connectivity index (χ4v) is 2.02. The Morgan fingerprint density at radius 2 is 1.79 bits per heavy atom. The van der Waals surface area contributed by atoms with Gasteiger partial charge in [0.2, 0.25) is 0 Å².